The second-order valence-corrected chi connectivity index (χ2v) is 31.0. The Bertz CT molecular complexity index is 2300. The van der Waals surface area contributed by atoms with E-state index in [9.17, 15) is 43.2 Å². The first-order valence-electron chi connectivity index (χ1n) is 41.8. The molecule has 5 atom stereocenters. The highest BCUT2D eigenvalue weighted by molar-refractivity contribution is 7.47. The lowest BCUT2D eigenvalue weighted by Crippen LogP contribution is -2.30. The molecule has 0 saturated heterocycles. The van der Waals surface area contributed by atoms with Crippen LogP contribution in [-0.2, 0) is 65.4 Å². The first-order valence-corrected chi connectivity index (χ1v) is 44.8. The van der Waals surface area contributed by atoms with E-state index >= 15 is 0 Å². The second-order valence-electron chi connectivity index (χ2n) is 28.1. The van der Waals surface area contributed by atoms with E-state index in [2.05, 4.69) is 101 Å². The lowest BCUT2D eigenvalue weighted by molar-refractivity contribution is -0.161. The van der Waals surface area contributed by atoms with Crippen molar-refractivity contribution in [1.29, 1.82) is 0 Å². The molecule has 19 heteroatoms. The van der Waals surface area contributed by atoms with Gasteiger partial charge in [-0.25, -0.2) is 9.13 Å². The molecule has 0 spiro atoms. The Morgan fingerprint density at radius 1 is 0.269 bits per heavy atom. The zero-order valence-corrected chi connectivity index (χ0v) is 68.0. The minimum atomic E-state index is -4.99. The molecule has 0 aliphatic rings. The number of phosphoric acid groups is 2. The minimum Gasteiger partial charge on any atom is -0.462 e. The van der Waals surface area contributed by atoms with Gasteiger partial charge in [-0.05, 0) is 116 Å². The predicted octanol–water partition coefficient (Wildman–Crippen LogP) is 24.6. The maximum atomic E-state index is 13.1. The Morgan fingerprint density at radius 3 is 0.817 bits per heavy atom. The van der Waals surface area contributed by atoms with E-state index in [0.29, 0.717) is 32.1 Å². The molecular weight excluding hydrogens is 1350 g/mol. The number of aliphatic hydroxyl groups is 1. The van der Waals surface area contributed by atoms with Crippen molar-refractivity contribution in [3.8, 4) is 0 Å². The van der Waals surface area contributed by atoms with E-state index in [1.165, 1.54) is 154 Å². The van der Waals surface area contributed by atoms with Crippen molar-refractivity contribution >= 4 is 39.5 Å². The molecule has 0 saturated carbocycles. The number of phosphoric ester groups is 2. The highest BCUT2D eigenvalue weighted by Crippen LogP contribution is 2.45. The van der Waals surface area contributed by atoms with Gasteiger partial charge >= 0.3 is 39.5 Å². The second kappa shape index (κ2) is 77.4. The number of ether oxygens (including phenoxy) is 4. The van der Waals surface area contributed by atoms with Gasteiger partial charge in [0.05, 0.1) is 26.4 Å². The third-order valence-corrected chi connectivity index (χ3v) is 19.7. The molecule has 0 rings (SSSR count). The fourth-order valence-corrected chi connectivity index (χ4v) is 13.0. The summed E-state index contributed by atoms with van der Waals surface area (Å²) >= 11 is 0. The lowest BCUT2D eigenvalue weighted by atomic mass is 10.0. The highest BCUT2D eigenvalue weighted by Gasteiger charge is 2.30. The van der Waals surface area contributed by atoms with Crippen LogP contribution in [0, 0.1) is 0 Å². The fraction of sp³-hybridized carbons (Fsp3) is 0.788. The Morgan fingerprint density at radius 2 is 0.490 bits per heavy atom. The third-order valence-electron chi connectivity index (χ3n) is 17.8. The van der Waals surface area contributed by atoms with E-state index in [-0.39, 0.29) is 25.7 Å². The van der Waals surface area contributed by atoms with Gasteiger partial charge in [0.2, 0.25) is 0 Å². The van der Waals surface area contributed by atoms with Gasteiger partial charge in [-0.1, -0.05) is 318 Å². The van der Waals surface area contributed by atoms with E-state index < -0.39 is 97.5 Å². The molecule has 0 bridgehead atoms. The molecule has 104 heavy (non-hydrogen) atoms. The van der Waals surface area contributed by atoms with Gasteiger partial charge in [0, 0.05) is 25.7 Å². The number of hydrogen-bond donors (Lipinski definition) is 3. The van der Waals surface area contributed by atoms with Crippen molar-refractivity contribution in [3.63, 3.8) is 0 Å². The van der Waals surface area contributed by atoms with Gasteiger partial charge in [0.25, 0.3) is 0 Å². The van der Waals surface area contributed by atoms with Crippen molar-refractivity contribution in [2.75, 3.05) is 39.6 Å². The van der Waals surface area contributed by atoms with Crippen LogP contribution < -0.4 is 0 Å². The Kier molecular flexibility index (Phi) is 74.6. The maximum absolute atomic E-state index is 13.1. The summed E-state index contributed by atoms with van der Waals surface area (Å²) in [6, 6.07) is 0. The molecular formula is C85H152O17P2. The summed E-state index contributed by atoms with van der Waals surface area (Å²) < 4.78 is 68.6. The van der Waals surface area contributed by atoms with Crippen LogP contribution in [0.4, 0.5) is 0 Å². The molecule has 17 nitrogen and oxygen atoms in total. The first-order chi connectivity index (χ1) is 50.7. The Hall–Kier alpha value is -3.76. The summed E-state index contributed by atoms with van der Waals surface area (Å²) in [5.41, 5.74) is 0. The van der Waals surface area contributed by atoms with Crippen LogP contribution in [0.5, 0.6) is 0 Å². The van der Waals surface area contributed by atoms with Gasteiger partial charge in [-0.2, -0.15) is 0 Å². The molecule has 0 aromatic heterocycles. The van der Waals surface area contributed by atoms with Crippen LogP contribution in [0.2, 0.25) is 0 Å². The minimum absolute atomic E-state index is 0.0389. The summed E-state index contributed by atoms with van der Waals surface area (Å²) in [5.74, 6) is -2.26. The summed E-state index contributed by atoms with van der Waals surface area (Å²) in [6.07, 6.45) is 81.3. The van der Waals surface area contributed by atoms with Gasteiger partial charge < -0.3 is 33.8 Å². The molecule has 0 aliphatic carbocycles. The summed E-state index contributed by atoms with van der Waals surface area (Å²) in [7, 11) is -9.97. The quantitative estimate of drug-likeness (QED) is 0.0169. The number of esters is 4. The summed E-state index contributed by atoms with van der Waals surface area (Å²) in [4.78, 5) is 73.1. The van der Waals surface area contributed by atoms with E-state index in [1.807, 2.05) is 12.2 Å². The predicted molar refractivity (Wildman–Crippen MR) is 427 cm³/mol. The van der Waals surface area contributed by atoms with Crippen molar-refractivity contribution < 1.29 is 80.2 Å². The lowest BCUT2D eigenvalue weighted by Gasteiger charge is -2.21. The number of unbranched alkanes of at least 4 members (excludes halogenated alkanes) is 39. The van der Waals surface area contributed by atoms with Crippen LogP contribution in [0.1, 0.15) is 374 Å². The topological polar surface area (TPSA) is 237 Å². The molecule has 0 radical (unpaired) electrons. The molecule has 0 heterocycles. The van der Waals surface area contributed by atoms with Gasteiger partial charge in [-0.3, -0.25) is 37.3 Å². The van der Waals surface area contributed by atoms with Crippen molar-refractivity contribution in [1.82, 2.24) is 0 Å². The zero-order valence-electron chi connectivity index (χ0n) is 66.2. The largest absolute Gasteiger partial charge is 0.472 e. The van der Waals surface area contributed by atoms with Crippen LogP contribution >= 0.6 is 15.6 Å². The highest BCUT2D eigenvalue weighted by atomic mass is 31.2. The average Bonchev–Trinajstić information content (AvgIpc) is 0.918. The zero-order chi connectivity index (χ0) is 76.0. The molecule has 3 N–H and O–H groups in total. The van der Waals surface area contributed by atoms with Crippen molar-refractivity contribution in [2.24, 2.45) is 0 Å². The smallest absolute Gasteiger partial charge is 0.462 e. The maximum Gasteiger partial charge on any atom is 0.472 e. The number of carbonyl (C=O) groups is 4. The number of carbonyl (C=O) groups excluding carboxylic acids is 4. The Labute approximate surface area is 634 Å². The fourth-order valence-electron chi connectivity index (χ4n) is 11.4. The molecule has 0 aliphatic heterocycles. The molecule has 0 fully saturated rings. The van der Waals surface area contributed by atoms with Crippen LogP contribution in [0.3, 0.4) is 0 Å². The molecule has 0 amide bonds. The first kappa shape index (κ1) is 100. The number of aliphatic hydroxyl groups excluding tert-OH is 1. The van der Waals surface area contributed by atoms with Crippen molar-refractivity contribution in [3.05, 3.63) is 85.1 Å². The Balaban J connectivity index is 5.40. The number of allylic oxidation sites excluding steroid dienone is 14. The SMILES string of the molecule is CCCCC/C=C\C/C=C\C/C=C\C/C=C\C/C=C\CCC(=O)OC[C@H](COP(=O)(O)OC[C@@H](O)COP(=O)(O)OC[C@@H](COC(=O)CCCCCCCCCCCCCCCCC)OC(=O)CCCCCCC/C=C\CCCCCCCC)OC(=O)CCCCCCCCC/C=C\CCCCCC. The van der Waals surface area contributed by atoms with Crippen LogP contribution in [0.15, 0.2) is 85.1 Å². The molecule has 2 unspecified atom stereocenters. The third kappa shape index (κ3) is 76.4. The molecule has 0 aromatic carbocycles. The number of rotatable bonds is 79. The van der Waals surface area contributed by atoms with E-state index in [0.717, 1.165) is 135 Å². The molecule has 0 aromatic rings. The number of hydrogen-bond acceptors (Lipinski definition) is 15. The van der Waals surface area contributed by atoms with Crippen LogP contribution in [-0.4, -0.2) is 96.7 Å². The van der Waals surface area contributed by atoms with Crippen LogP contribution in [0.25, 0.3) is 0 Å². The molecule has 604 valence electrons. The standard InChI is InChI=1S/C85H152O17P2/c1-5-9-13-17-21-25-29-33-37-38-39-40-44-46-50-54-58-62-66-70-83(88)96-76-81(102-85(90)72-68-64-60-56-52-48-43-36-32-28-24-20-16-12-8-4)78-100-104(93,94)98-74-79(86)73-97-103(91,92)99-77-80(101-84(89)71-67-63-59-55-51-47-42-35-31-27-23-19-15-11-7-3)75-95-82(87)69-65-61-57-53-49-45-41-34-30-26-22-18-14-10-6-2/h21,25,28,32-33,35,37,39-40,42,46,50,58,62,79-81,86H,5-20,22-24,26-27,29-31,34,36,38,41,43-45,47-49,51-57,59-61,63-78H2,1-4H3,(H,91,92)(H,93,94)/b25-21-,32-28-,37-33-,40-39-,42-35-,50-46-,62-58-/t79-,80+,81+/m0/s1. The monoisotopic (exact) mass is 1510 g/mol. The van der Waals surface area contributed by atoms with Gasteiger partial charge in [-0.15, -0.1) is 0 Å². The van der Waals surface area contributed by atoms with Gasteiger partial charge in [0.15, 0.2) is 12.2 Å². The summed E-state index contributed by atoms with van der Waals surface area (Å²) in [6.45, 7) is 4.81. The van der Waals surface area contributed by atoms with E-state index in [4.69, 9.17) is 37.0 Å². The van der Waals surface area contributed by atoms with Gasteiger partial charge in [0.1, 0.15) is 19.3 Å². The van der Waals surface area contributed by atoms with Crippen molar-refractivity contribution in [2.45, 2.75) is 393 Å². The average molecular weight is 1510 g/mol. The van der Waals surface area contributed by atoms with E-state index in [1.54, 1.807) is 0 Å². The normalized spacial score (nSPS) is 14.3. The summed E-state index contributed by atoms with van der Waals surface area (Å²) in [5, 5.41) is 10.7.